The van der Waals surface area contributed by atoms with Gasteiger partial charge in [-0.1, -0.05) is 77.1 Å². The Bertz CT molecular complexity index is 1750. The minimum atomic E-state index is -4.21. The third-order valence-electron chi connectivity index (χ3n) is 8.41. The van der Waals surface area contributed by atoms with E-state index in [2.05, 4.69) is 16.0 Å². The number of nitrogens with zero attached hydrogens (tertiary/aromatic N) is 2. The predicted molar refractivity (Wildman–Crippen MR) is 194 cm³/mol. The highest BCUT2D eigenvalue weighted by Gasteiger charge is 2.37. The van der Waals surface area contributed by atoms with E-state index in [1.807, 2.05) is 45.9 Å². The van der Waals surface area contributed by atoms with Crippen molar-refractivity contribution in [2.75, 3.05) is 19.6 Å². The molecule has 4 N–H and O–H groups in total. The van der Waals surface area contributed by atoms with Crippen LogP contribution in [0.3, 0.4) is 0 Å². The van der Waals surface area contributed by atoms with Gasteiger partial charge in [0.15, 0.2) is 0 Å². The van der Waals surface area contributed by atoms with Crippen LogP contribution in [0.5, 0.6) is 0 Å². The lowest BCUT2D eigenvalue weighted by Crippen LogP contribution is -2.59. The van der Waals surface area contributed by atoms with Crippen LogP contribution in [-0.2, 0) is 31.6 Å². The molecule has 0 unspecified atom stereocenters. The molecule has 278 valence electrons. The number of rotatable bonds is 17. The molecule has 2 amide bonds. The number of amides is 2. The van der Waals surface area contributed by atoms with E-state index in [4.69, 9.17) is 0 Å². The Kier molecular flexibility index (Phi) is 14.0. The highest BCUT2D eigenvalue weighted by Crippen LogP contribution is 2.24. The minimum absolute atomic E-state index is 0.0298. The number of hydrogen-bond acceptors (Lipinski definition) is 8. The van der Waals surface area contributed by atoms with E-state index < -0.39 is 61.7 Å². The second kappa shape index (κ2) is 17.3. The third-order valence-corrected chi connectivity index (χ3v) is 10.3. The summed E-state index contributed by atoms with van der Waals surface area (Å²) in [6.07, 6.45) is -1.25. The van der Waals surface area contributed by atoms with Gasteiger partial charge in [0.2, 0.25) is 21.8 Å². The molecule has 3 aromatic rings. The minimum Gasteiger partial charge on any atom is -0.390 e. The van der Waals surface area contributed by atoms with Gasteiger partial charge in [-0.25, -0.2) is 12.8 Å². The number of sulfonamides is 1. The van der Waals surface area contributed by atoms with Crippen molar-refractivity contribution in [1.82, 2.24) is 20.3 Å². The highest BCUT2D eigenvalue weighted by molar-refractivity contribution is 7.89. The molecule has 12 nitrogen and oxygen atoms in total. The maximum absolute atomic E-state index is 14.0. The van der Waals surface area contributed by atoms with Crippen LogP contribution in [0.2, 0.25) is 0 Å². The van der Waals surface area contributed by atoms with Crippen molar-refractivity contribution in [3.8, 4) is 0 Å². The second-order valence-corrected chi connectivity index (χ2v) is 16.6. The van der Waals surface area contributed by atoms with E-state index in [1.165, 1.54) is 12.1 Å². The van der Waals surface area contributed by atoms with E-state index in [-0.39, 0.29) is 42.6 Å². The second-order valence-electron chi connectivity index (χ2n) is 14.7. The van der Waals surface area contributed by atoms with Crippen LogP contribution in [0.1, 0.15) is 59.6 Å². The number of benzene rings is 3. The largest absolute Gasteiger partial charge is 0.390 e. The Morgan fingerprint density at radius 1 is 0.922 bits per heavy atom. The first-order valence-corrected chi connectivity index (χ1v) is 18.2. The van der Waals surface area contributed by atoms with Crippen LogP contribution in [0.4, 0.5) is 10.1 Å². The molecule has 0 radical (unpaired) electrons. The van der Waals surface area contributed by atoms with Gasteiger partial charge in [-0.15, -0.1) is 0 Å². The van der Waals surface area contributed by atoms with Crippen LogP contribution in [0.25, 0.3) is 0 Å². The van der Waals surface area contributed by atoms with Crippen molar-refractivity contribution in [3.05, 3.63) is 106 Å². The van der Waals surface area contributed by atoms with Crippen LogP contribution in [0.15, 0.2) is 83.8 Å². The van der Waals surface area contributed by atoms with Crippen molar-refractivity contribution in [3.63, 3.8) is 0 Å². The number of nitro groups is 1. The van der Waals surface area contributed by atoms with E-state index in [9.17, 15) is 37.6 Å². The van der Waals surface area contributed by atoms with E-state index in [0.29, 0.717) is 5.56 Å². The molecule has 0 heterocycles. The smallest absolute Gasteiger partial charge is 0.269 e. The molecule has 0 aliphatic heterocycles. The summed E-state index contributed by atoms with van der Waals surface area (Å²) in [5.74, 6) is -1.60. The summed E-state index contributed by atoms with van der Waals surface area (Å²) in [6.45, 7) is 12.1. The number of nitro benzene ring substituents is 1. The van der Waals surface area contributed by atoms with Gasteiger partial charge in [-0.2, -0.15) is 4.31 Å². The molecule has 0 aliphatic carbocycles. The summed E-state index contributed by atoms with van der Waals surface area (Å²) in [5, 5.41) is 31.6. The highest BCUT2D eigenvalue weighted by atomic mass is 32.2. The maximum Gasteiger partial charge on any atom is 0.269 e. The molecule has 0 saturated carbocycles. The number of carbonyl (C=O) groups is 2. The lowest BCUT2D eigenvalue weighted by atomic mass is 9.85. The zero-order valence-corrected chi connectivity index (χ0v) is 31.0. The Morgan fingerprint density at radius 3 is 2.10 bits per heavy atom. The molecule has 0 aliphatic rings. The van der Waals surface area contributed by atoms with Crippen molar-refractivity contribution < 1.29 is 32.4 Å². The molecule has 3 aromatic carbocycles. The fraction of sp³-hybridized carbons (Fsp3) is 0.459. The molecule has 0 saturated heterocycles. The molecule has 0 spiro atoms. The van der Waals surface area contributed by atoms with Crippen molar-refractivity contribution in [2.45, 2.75) is 83.5 Å². The quantitative estimate of drug-likeness (QED) is 0.116. The van der Waals surface area contributed by atoms with E-state index in [1.54, 1.807) is 45.0 Å². The first-order chi connectivity index (χ1) is 23.7. The van der Waals surface area contributed by atoms with Crippen molar-refractivity contribution in [1.29, 1.82) is 0 Å². The van der Waals surface area contributed by atoms with Gasteiger partial charge in [0.1, 0.15) is 11.9 Å². The van der Waals surface area contributed by atoms with Crippen LogP contribution in [-0.4, -0.2) is 72.4 Å². The number of non-ortho nitro benzene ring substituents is 1. The summed E-state index contributed by atoms with van der Waals surface area (Å²) in [5.41, 5.74) is -0.388. The Hall–Kier alpha value is -4.24. The number of aliphatic hydroxyl groups excluding tert-OH is 1. The number of nitrogens with one attached hydrogen (secondary N) is 3. The summed E-state index contributed by atoms with van der Waals surface area (Å²) < 4.78 is 42.5. The third kappa shape index (κ3) is 11.9. The van der Waals surface area contributed by atoms with E-state index in [0.717, 1.165) is 34.1 Å². The molecule has 3 rings (SSSR count). The Morgan fingerprint density at radius 2 is 1.55 bits per heavy atom. The Labute approximate surface area is 300 Å². The number of halogens is 1. The fourth-order valence-corrected chi connectivity index (χ4v) is 7.11. The SMILES string of the molecule is CC(C)CN(C[C@@H](O)[C@H](Cc1ccccc1)NC(=O)[C@@H](NC(=O)CNC(C)(C)c1cccc(F)c1)C(C)(C)C)S(=O)(=O)c1ccc([N+](=O)[O-])cc1. The van der Waals surface area contributed by atoms with Gasteiger partial charge >= 0.3 is 0 Å². The zero-order chi connectivity index (χ0) is 38.1. The normalized spacial score (nSPS) is 14.2. The van der Waals surface area contributed by atoms with Gasteiger partial charge in [-0.05, 0) is 67.0 Å². The average molecular weight is 728 g/mol. The molecule has 51 heavy (non-hydrogen) atoms. The van der Waals surface area contributed by atoms with Gasteiger partial charge in [0.05, 0.1) is 28.5 Å². The molecule has 0 aromatic heterocycles. The standard InChI is InChI=1S/C37H50FN5O7S/c1-25(2)23-42(51(49,50)30-18-16-29(17-19-30)43(47)48)24-32(44)31(20-26-12-9-8-10-13-26)40-35(46)34(36(3,4)5)41-33(45)22-39-37(6,7)27-14-11-15-28(38)21-27/h8-19,21,25,31-32,34,39,44H,20,22-24H2,1-7H3,(H,40,46)(H,41,45)/t31-,32+,34+/m0/s1. The first-order valence-electron chi connectivity index (χ1n) is 16.8. The number of hydrogen-bond donors (Lipinski definition) is 4. The average Bonchev–Trinajstić information content (AvgIpc) is 3.05. The van der Waals surface area contributed by atoms with Crippen LogP contribution in [0, 0.1) is 27.3 Å². The molecule has 0 bridgehead atoms. The maximum atomic E-state index is 14.0. The molecule has 3 atom stereocenters. The lowest BCUT2D eigenvalue weighted by Gasteiger charge is -2.35. The molecule has 0 fully saturated rings. The predicted octanol–water partition coefficient (Wildman–Crippen LogP) is 4.52. The molecular weight excluding hydrogens is 678 g/mol. The molecular formula is C37H50FN5O7S. The van der Waals surface area contributed by atoms with Crippen molar-refractivity contribution >= 4 is 27.5 Å². The Balaban J connectivity index is 1.85. The first kappa shape index (κ1) is 41.2. The van der Waals surface area contributed by atoms with Crippen molar-refractivity contribution in [2.24, 2.45) is 11.3 Å². The summed E-state index contributed by atoms with van der Waals surface area (Å²) in [7, 11) is -4.21. The molecule has 14 heteroatoms. The summed E-state index contributed by atoms with van der Waals surface area (Å²) in [4.78, 5) is 37.5. The van der Waals surface area contributed by atoms with E-state index >= 15 is 0 Å². The lowest BCUT2D eigenvalue weighted by molar-refractivity contribution is -0.384. The topological polar surface area (TPSA) is 171 Å². The van der Waals surface area contributed by atoms with Gasteiger partial charge in [0.25, 0.3) is 5.69 Å². The van der Waals surface area contributed by atoms with Crippen LogP contribution < -0.4 is 16.0 Å². The van der Waals surface area contributed by atoms with Gasteiger partial charge in [-0.3, -0.25) is 25.0 Å². The number of aliphatic hydroxyl groups is 1. The van der Waals surface area contributed by atoms with Gasteiger partial charge in [0, 0.05) is 30.8 Å². The summed E-state index contributed by atoms with van der Waals surface area (Å²) >= 11 is 0. The summed E-state index contributed by atoms with van der Waals surface area (Å²) in [6, 6.07) is 17.6. The van der Waals surface area contributed by atoms with Gasteiger partial charge < -0.3 is 15.7 Å². The fourth-order valence-electron chi connectivity index (χ4n) is 5.49. The van der Waals surface area contributed by atoms with Crippen LogP contribution >= 0.6 is 0 Å². The monoisotopic (exact) mass is 727 g/mol. The number of carbonyl (C=O) groups excluding carboxylic acids is 2. The zero-order valence-electron chi connectivity index (χ0n) is 30.2.